The van der Waals surface area contributed by atoms with Crippen molar-refractivity contribution in [2.75, 3.05) is 0 Å². The molecule has 0 atom stereocenters. The first kappa shape index (κ1) is 53.9. The van der Waals surface area contributed by atoms with Gasteiger partial charge in [-0.2, -0.15) is 0 Å². The van der Waals surface area contributed by atoms with Gasteiger partial charge in [0.1, 0.15) is 10.3 Å². The van der Waals surface area contributed by atoms with E-state index in [0.717, 1.165) is 88.1 Å². The molecule has 0 amide bonds. The Bertz CT molecular complexity index is 6090. The van der Waals surface area contributed by atoms with Crippen LogP contribution >= 0.6 is 46.4 Å². The fourth-order valence-corrected chi connectivity index (χ4v) is 11.9. The molecule has 97 heavy (non-hydrogen) atoms. The molecule has 4 heterocycles. The normalized spacial score (nSPS) is 12.1. The molecule has 17 rings (SSSR count). The maximum absolute atomic E-state index is 8.59. The highest BCUT2D eigenvalue weighted by Crippen LogP contribution is 2.35. The molecule has 12 heteroatoms. The number of halogens is 4. The molecule has 8 nitrogen and oxygen atoms in total. The molecule has 0 bridgehead atoms. The van der Waals surface area contributed by atoms with Crippen molar-refractivity contribution in [2.45, 2.75) is 6.92 Å². The van der Waals surface area contributed by atoms with Crippen molar-refractivity contribution in [3.63, 3.8) is 0 Å². The van der Waals surface area contributed by atoms with Crippen LogP contribution in [0.2, 0.25) is 20.9 Å². The lowest BCUT2D eigenvalue weighted by Gasteiger charge is -2.09. The second kappa shape index (κ2) is 29.1. The van der Waals surface area contributed by atoms with E-state index >= 15 is 0 Å². The van der Waals surface area contributed by atoms with Crippen molar-refractivity contribution in [2.24, 2.45) is 0 Å². The summed E-state index contributed by atoms with van der Waals surface area (Å²) in [4.78, 5) is 35.4. The molecular weight excluding hydrogens is 1270 g/mol. The van der Waals surface area contributed by atoms with Crippen LogP contribution in [0.15, 0.2) is 321 Å². The largest absolute Gasteiger partial charge is 0.228 e. The summed E-state index contributed by atoms with van der Waals surface area (Å²) in [7, 11) is 0. The average Bonchev–Trinajstić information content (AvgIpc) is 0.757. The van der Waals surface area contributed by atoms with Crippen molar-refractivity contribution in [1.29, 1.82) is 0 Å². The van der Waals surface area contributed by atoms with Crippen LogP contribution in [0.5, 0.6) is 0 Å². The molecule has 4 aromatic heterocycles. The van der Waals surface area contributed by atoms with Crippen LogP contribution < -0.4 is 0 Å². The van der Waals surface area contributed by atoms with Gasteiger partial charge in [0.15, 0.2) is 11.6 Å². The van der Waals surface area contributed by atoms with E-state index in [1.54, 1.807) is 31.2 Å². The third-order valence-corrected chi connectivity index (χ3v) is 16.8. The van der Waals surface area contributed by atoms with Crippen LogP contribution in [0.4, 0.5) is 0 Å². The van der Waals surface area contributed by atoms with E-state index in [1.807, 2.05) is 231 Å². The zero-order chi connectivity index (χ0) is 73.0. The van der Waals surface area contributed by atoms with Crippen molar-refractivity contribution in [1.82, 2.24) is 39.9 Å². The Morgan fingerprint density at radius 2 is 0.557 bits per heavy atom. The number of hydrogen-bond donors (Lipinski definition) is 0. The van der Waals surface area contributed by atoms with Crippen LogP contribution in [0, 0.1) is 6.92 Å². The fourth-order valence-electron chi connectivity index (χ4n) is 11.0. The minimum atomic E-state index is -0.0712. The van der Waals surface area contributed by atoms with Crippen molar-refractivity contribution in [3.8, 4) is 89.8 Å². The van der Waals surface area contributed by atoms with Crippen molar-refractivity contribution < 1.29 is 11.0 Å². The Kier molecular flexibility index (Phi) is 16.2. The SMILES string of the molecule is Clc1nc(-c2cccc3ccccc23)nc2ccccc12.Clc1nc(-c2ccccc2)nc2ccccc12.[2H]c1c([2H])c(-c2ccc(-c3ccc(-c4nc(Cl)nc5ccccc45)cc3)cc2)c([2H])c([2H])c1C.[2H]c1c([2H])c(-c2ccc(-c3nc(Cl)nc4ccccc34)cc2)c([2H])c([2H])c1-c1ccccc1. The van der Waals surface area contributed by atoms with Gasteiger partial charge < -0.3 is 0 Å². The minimum absolute atomic E-state index is 0.00647. The Labute approximate surface area is 592 Å². The number of fused-ring (bicyclic) bond motifs is 5. The molecule has 464 valence electrons. The molecule has 0 aliphatic heterocycles. The molecule has 0 saturated carbocycles. The number of benzene rings is 13. The zero-order valence-corrected chi connectivity index (χ0v) is 54.6. The van der Waals surface area contributed by atoms with E-state index in [0.29, 0.717) is 61.0 Å². The van der Waals surface area contributed by atoms with Crippen molar-refractivity contribution in [3.05, 3.63) is 348 Å². The minimum Gasteiger partial charge on any atom is -0.228 e. The molecule has 0 radical (unpaired) electrons. The lowest BCUT2D eigenvalue weighted by Crippen LogP contribution is -1.92. The summed E-state index contributed by atoms with van der Waals surface area (Å²) in [6, 6.07) is 86.6. The summed E-state index contributed by atoms with van der Waals surface area (Å²) >= 11 is 24.7. The summed E-state index contributed by atoms with van der Waals surface area (Å²) in [5.74, 6) is 1.32. The quantitative estimate of drug-likeness (QED) is 0.109. The molecule has 0 spiro atoms. The Balaban J connectivity index is 0.000000122. The van der Waals surface area contributed by atoms with Crippen LogP contribution in [-0.4, -0.2) is 39.9 Å². The third kappa shape index (κ3) is 14.5. The maximum atomic E-state index is 8.59. The predicted octanol–water partition coefficient (Wildman–Crippen LogP) is 23.9. The van der Waals surface area contributed by atoms with E-state index in [2.05, 4.69) is 58.1 Å². The second-order valence-corrected chi connectivity index (χ2v) is 23.6. The van der Waals surface area contributed by atoms with Gasteiger partial charge in [-0.3, -0.25) is 0 Å². The highest BCUT2D eigenvalue weighted by Gasteiger charge is 2.14. The van der Waals surface area contributed by atoms with Crippen LogP contribution in [-0.2, 0) is 0 Å². The maximum Gasteiger partial charge on any atom is 0.223 e. The number of aromatic nitrogens is 8. The van der Waals surface area contributed by atoms with Crippen molar-refractivity contribution >= 4 is 101 Å². The topological polar surface area (TPSA) is 103 Å². The highest BCUT2D eigenvalue weighted by molar-refractivity contribution is 6.34. The standard InChI is InChI=1S/C27H19ClN2.C26H17ClN2.C18H11ClN2.C14H9ClN2/c1-18-6-8-19(9-7-18)20-10-12-21(13-11-20)22-14-16-23(17-15-22)26-24-4-2-3-5-25(24)29-27(28)30-26;27-26-28-24-9-5-4-8-23(24)25(29-26)22-16-14-21(15-17-22)20-12-10-19(11-13-20)18-6-2-1-3-7-18;19-17-15-9-3-4-11-16(15)20-18(21-17)14-10-5-7-12-6-1-2-8-13(12)14;15-13-11-8-4-5-9-12(11)16-14(17-13)10-6-2-1-3-7-10/h2-17H,1H3;1-17H;1-11H;1-9H/i6D,7D,8D,9D;10D,11D,12D,13D;;. The first-order valence-corrected chi connectivity index (χ1v) is 32.3. The van der Waals surface area contributed by atoms with Crippen LogP contribution in [0.1, 0.15) is 16.5 Å². The van der Waals surface area contributed by atoms with Gasteiger partial charge >= 0.3 is 0 Å². The molecule has 13 aromatic carbocycles. The molecule has 0 N–H and O–H groups in total. The van der Waals surface area contributed by atoms with Gasteiger partial charge in [-0.1, -0.05) is 314 Å². The fraction of sp³-hybridized carbons (Fsp3) is 0.0118. The Hall–Kier alpha value is -11.4. The van der Waals surface area contributed by atoms with E-state index < -0.39 is 0 Å². The number of nitrogens with zero attached hydrogens (tertiary/aromatic N) is 8. The van der Waals surface area contributed by atoms with Gasteiger partial charge in [-0.25, -0.2) is 39.9 Å². The summed E-state index contributed by atoms with van der Waals surface area (Å²) < 4.78 is 67.0. The molecule has 0 unspecified atom stereocenters. The molecule has 0 fully saturated rings. The summed E-state index contributed by atoms with van der Waals surface area (Å²) in [6.45, 7) is 1.61. The van der Waals surface area contributed by atoms with E-state index in [1.165, 1.54) is 5.39 Å². The van der Waals surface area contributed by atoms with Gasteiger partial charge in [0.25, 0.3) is 0 Å². The smallest absolute Gasteiger partial charge is 0.223 e. The van der Waals surface area contributed by atoms with Gasteiger partial charge in [-0.05, 0) is 122 Å². The lowest BCUT2D eigenvalue weighted by atomic mass is 9.98. The van der Waals surface area contributed by atoms with Gasteiger partial charge in [0.2, 0.25) is 10.6 Å². The summed E-state index contributed by atoms with van der Waals surface area (Å²) in [5.41, 5.74) is 13.6. The predicted molar refractivity (Wildman–Crippen MR) is 404 cm³/mol. The summed E-state index contributed by atoms with van der Waals surface area (Å²) in [6.07, 6.45) is 0. The van der Waals surface area contributed by atoms with E-state index in [-0.39, 0.29) is 64.5 Å². The average molecular weight is 1340 g/mol. The molecular formula is C85H56Cl4N8. The molecule has 0 aliphatic carbocycles. The number of rotatable bonds is 8. The number of para-hydroxylation sites is 4. The highest BCUT2D eigenvalue weighted by atomic mass is 35.5. The third-order valence-electron chi connectivity index (χ3n) is 15.9. The molecule has 0 aliphatic rings. The van der Waals surface area contributed by atoms with Gasteiger partial charge in [0, 0.05) is 43.8 Å². The van der Waals surface area contributed by atoms with E-state index in [4.69, 9.17) is 57.4 Å². The van der Waals surface area contributed by atoms with E-state index in [9.17, 15) is 0 Å². The Morgan fingerprint density at radius 1 is 0.237 bits per heavy atom. The lowest BCUT2D eigenvalue weighted by molar-refractivity contribution is 1.22. The molecule has 17 aromatic rings. The van der Waals surface area contributed by atoms with Crippen LogP contribution in [0.3, 0.4) is 0 Å². The second-order valence-electron chi connectivity index (χ2n) is 22.2. The molecule has 0 saturated heterocycles. The van der Waals surface area contributed by atoms with Crippen LogP contribution in [0.25, 0.3) is 144 Å². The first-order chi connectivity index (χ1) is 51.0. The monoisotopic (exact) mass is 1340 g/mol. The summed E-state index contributed by atoms with van der Waals surface area (Å²) in [5, 5.41) is 7.21. The first-order valence-electron chi connectivity index (χ1n) is 34.7. The van der Waals surface area contributed by atoms with Gasteiger partial charge in [-0.15, -0.1) is 0 Å². The van der Waals surface area contributed by atoms with Gasteiger partial charge in [0.05, 0.1) is 44.4 Å². The zero-order valence-electron chi connectivity index (χ0n) is 59.6. The Morgan fingerprint density at radius 3 is 1.02 bits per heavy atom. The number of hydrogen-bond acceptors (Lipinski definition) is 8.